The lowest BCUT2D eigenvalue weighted by Gasteiger charge is -2.26. The van der Waals surface area contributed by atoms with E-state index in [0.717, 1.165) is 0 Å². The number of thiol groups is 1. The Morgan fingerprint density at radius 2 is 2.27 bits per heavy atom. The van der Waals surface area contributed by atoms with Crippen LogP contribution in [-0.4, -0.2) is 31.4 Å². The molecule has 62 valence electrons. The van der Waals surface area contributed by atoms with Crippen LogP contribution in [0.1, 0.15) is 13.8 Å². The van der Waals surface area contributed by atoms with E-state index in [2.05, 4.69) is 12.6 Å². The Kier molecular flexibility index (Phi) is 2.54. The first-order chi connectivity index (χ1) is 5.01. The lowest BCUT2D eigenvalue weighted by molar-refractivity contribution is 0.00346. The monoisotopic (exact) mass is 174 g/mol. The van der Waals surface area contributed by atoms with Gasteiger partial charge in [-0.2, -0.15) is 12.6 Å². The van der Waals surface area contributed by atoms with E-state index in [0.29, 0.717) is 5.75 Å². The van der Waals surface area contributed by atoms with Gasteiger partial charge < -0.3 is 4.74 Å². The van der Waals surface area contributed by atoms with E-state index in [1.54, 1.807) is 6.92 Å². The molecule has 0 aromatic rings. The Hall–Kier alpha value is 0.305. The van der Waals surface area contributed by atoms with Crippen molar-refractivity contribution in [3.8, 4) is 0 Å². The summed E-state index contributed by atoms with van der Waals surface area (Å²) in [6.07, 6.45) is -1.06. The summed E-state index contributed by atoms with van der Waals surface area (Å²) in [4.78, 5) is 0. The predicted octanol–water partition coefficient (Wildman–Crippen LogP) is 1.17. The second-order valence-corrected chi connectivity index (χ2v) is 3.60. The Balaban J connectivity index is 2.73. The van der Waals surface area contributed by atoms with Crippen molar-refractivity contribution in [3.05, 3.63) is 0 Å². The van der Waals surface area contributed by atoms with Gasteiger partial charge in [-0.25, -0.2) is 4.39 Å². The average molecular weight is 174 g/mol. The molecule has 0 aliphatic carbocycles. The molecule has 1 heterocycles. The third-order valence-electron chi connectivity index (χ3n) is 2.47. The minimum atomic E-state index is -1.06. The second kappa shape index (κ2) is 2.98. The minimum Gasteiger partial charge on any atom is -0.378 e. The lowest BCUT2D eigenvalue weighted by Crippen LogP contribution is -2.34. The fraction of sp³-hybridized carbons (Fsp3) is 1.00. The molecule has 1 saturated heterocycles. The number of alkyl halides is 1. The molecule has 0 bridgehead atoms. The van der Waals surface area contributed by atoms with E-state index in [9.17, 15) is 4.39 Å². The Morgan fingerprint density at radius 1 is 1.73 bits per heavy atom. The predicted molar refractivity (Wildman–Crippen MR) is 46.9 cm³/mol. The maximum atomic E-state index is 13.1. The highest BCUT2D eigenvalue weighted by molar-refractivity contribution is 7.80. The zero-order valence-corrected chi connectivity index (χ0v) is 7.64. The molecule has 2 radical (unpaired) electrons. The van der Waals surface area contributed by atoms with Crippen LogP contribution in [0.4, 0.5) is 4.39 Å². The molecule has 0 N–H and O–H groups in total. The Labute approximate surface area is 73.5 Å². The first-order valence-electron chi connectivity index (χ1n) is 3.69. The molecular weight excluding hydrogens is 162 g/mol. The van der Waals surface area contributed by atoms with Gasteiger partial charge >= 0.3 is 0 Å². The summed E-state index contributed by atoms with van der Waals surface area (Å²) in [7, 11) is 5.39. The standard InChI is InChI=1S/C7H12BFOS/c1-4-5(9)6(8)10-7(4,2)3-11/h4-6,11H,3H2,1-2H3/t4-,5?,6-,7-/m1/s1. The highest BCUT2D eigenvalue weighted by atomic mass is 32.1. The van der Waals surface area contributed by atoms with Gasteiger partial charge in [0.15, 0.2) is 0 Å². The van der Waals surface area contributed by atoms with Crippen LogP contribution in [-0.2, 0) is 4.74 Å². The summed E-state index contributed by atoms with van der Waals surface area (Å²) in [5.41, 5.74) is -0.498. The van der Waals surface area contributed by atoms with Crippen LogP contribution >= 0.6 is 12.6 Å². The van der Waals surface area contributed by atoms with Gasteiger partial charge in [0.2, 0.25) is 0 Å². The molecule has 4 atom stereocenters. The van der Waals surface area contributed by atoms with Gasteiger partial charge in [0.05, 0.1) is 5.60 Å². The normalized spacial score (nSPS) is 51.5. The van der Waals surface area contributed by atoms with Crippen molar-refractivity contribution in [2.24, 2.45) is 5.92 Å². The van der Waals surface area contributed by atoms with Crippen LogP contribution in [0.5, 0.6) is 0 Å². The zero-order valence-electron chi connectivity index (χ0n) is 6.75. The molecule has 1 fully saturated rings. The summed E-state index contributed by atoms with van der Waals surface area (Å²) < 4.78 is 18.4. The van der Waals surface area contributed by atoms with Gasteiger partial charge in [-0.3, -0.25) is 0 Å². The second-order valence-electron chi connectivity index (χ2n) is 3.29. The van der Waals surface area contributed by atoms with Crippen LogP contribution in [0.2, 0.25) is 0 Å². The summed E-state index contributed by atoms with van der Waals surface area (Å²) in [5.74, 6) is 0.331. The first kappa shape index (κ1) is 9.39. The van der Waals surface area contributed by atoms with Crippen molar-refractivity contribution in [1.82, 2.24) is 0 Å². The fourth-order valence-corrected chi connectivity index (χ4v) is 1.65. The van der Waals surface area contributed by atoms with Crippen LogP contribution in [0.15, 0.2) is 0 Å². The number of ether oxygens (including phenoxy) is 1. The zero-order chi connectivity index (χ0) is 8.65. The van der Waals surface area contributed by atoms with Gasteiger partial charge in [-0.15, -0.1) is 0 Å². The molecule has 11 heavy (non-hydrogen) atoms. The summed E-state index contributed by atoms with van der Waals surface area (Å²) in [5, 5.41) is 0. The van der Waals surface area contributed by atoms with Gasteiger partial charge in [0.25, 0.3) is 0 Å². The van der Waals surface area contributed by atoms with Gasteiger partial charge in [-0.05, 0) is 6.92 Å². The molecule has 0 saturated carbocycles. The molecule has 1 aliphatic heterocycles. The summed E-state index contributed by atoms with van der Waals surface area (Å²) in [6.45, 7) is 3.64. The maximum Gasteiger partial charge on any atom is 0.123 e. The molecular formula is C7H12BFOS. The molecule has 0 aromatic carbocycles. The van der Waals surface area contributed by atoms with Crippen molar-refractivity contribution < 1.29 is 9.13 Å². The summed E-state index contributed by atoms with van der Waals surface area (Å²) in [6, 6.07) is -0.776. The molecule has 1 nitrogen and oxygen atoms in total. The van der Waals surface area contributed by atoms with Crippen molar-refractivity contribution in [2.45, 2.75) is 31.6 Å². The van der Waals surface area contributed by atoms with Crippen LogP contribution in [0, 0.1) is 5.92 Å². The Bertz CT molecular complexity index is 157. The molecule has 0 aromatic heterocycles. The number of hydrogen-bond donors (Lipinski definition) is 1. The van der Waals surface area contributed by atoms with Crippen molar-refractivity contribution >= 4 is 20.5 Å². The third kappa shape index (κ3) is 1.43. The highest BCUT2D eigenvalue weighted by Crippen LogP contribution is 2.37. The van der Waals surface area contributed by atoms with E-state index in [-0.39, 0.29) is 5.92 Å². The van der Waals surface area contributed by atoms with Crippen LogP contribution in [0.3, 0.4) is 0 Å². The summed E-state index contributed by atoms with van der Waals surface area (Å²) >= 11 is 4.09. The van der Waals surface area contributed by atoms with Gasteiger partial charge in [0, 0.05) is 17.7 Å². The average Bonchev–Trinajstić information content (AvgIpc) is 2.17. The molecule has 1 aliphatic rings. The third-order valence-corrected chi connectivity index (χ3v) is 3.10. The fourth-order valence-electron chi connectivity index (χ4n) is 1.29. The van der Waals surface area contributed by atoms with Crippen molar-refractivity contribution in [2.75, 3.05) is 5.75 Å². The highest BCUT2D eigenvalue weighted by Gasteiger charge is 2.46. The Morgan fingerprint density at radius 3 is 2.45 bits per heavy atom. The van der Waals surface area contributed by atoms with Crippen molar-refractivity contribution in [3.63, 3.8) is 0 Å². The van der Waals surface area contributed by atoms with E-state index in [1.165, 1.54) is 0 Å². The first-order valence-corrected chi connectivity index (χ1v) is 4.33. The van der Waals surface area contributed by atoms with Crippen LogP contribution in [0.25, 0.3) is 0 Å². The lowest BCUT2D eigenvalue weighted by atomic mass is 9.86. The van der Waals surface area contributed by atoms with Crippen LogP contribution < -0.4 is 0 Å². The number of rotatable bonds is 1. The van der Waals surface area contributed by atoms with Crippen molar-refractivity contribution in [1.29, 1.82) is 0 Å². The number of halogens is 1. The molecule has 0 amide bonds. The quantitative estimate of drug-likeness (QED) is 0.463. The van der Waals surface area contributed by atoms with Gasteiger partial charge in [0.1, 0.15) is 14.0 Å². The molecule has 0 spiro atoms. The minimum absolute atomic E-state index is 0.171. The SMILES string of the molecule is [B][C@@H]1O[C@](C)(CS)[C@H](C)C1F. The number of hydrogen-bond acceptors (Lipinski definition) is 2. The van der Waals surface area contributed by atoms with E-state index in [4.69, 9.17) is 12.6 Å². The molecule has 4 heteroatoms. The van der Waals surface area contributed by atoms with Gasteiger partial charge in [-0.1, -0.05) is 6.92 Å². The van der Waals surface area contributed by atoms with E-state index < -0.39 is 17.8 Å². The molecule has 1 unspecified atom stereocenters. The largest absolute Gasteiger partial charge is 0.378 e. The topological polar surface area (TPSA) is 9.23 Å². The maximum absolute atomic E-state index is 13.1. The molecule has 1 rings (SSSR count). The van der Waals surface area contributed by atoms with E-state index in [1.807, 2.05) is 6.92 Å². The van der Waals surface area contributed by atoms with E-state index >= 15 is 0 Å². The smallest absolute Gasteiger partial charge is 0.123 e.